The smallest absolute Gasteiger partial charge is 0.258 e. The lowest BCUT2D eigenvalue weighted by molar-refractivity contribution is 0.0948. The number of nitrogens with one attached hydrogen (secondary N) is 1. The van der Waals surface area contributed by atoms with Crippen LogP contribution in [0, 0.1) is 0 Å². The van der Waals surface area contributed by atoms with E-state index in [-0.39, 0.29) is 17.1 Å². The molecule has 0 aliphatic heterocycles. The van der Waals surface area contributed by atoms with Crippen molar-refractivity contribution in [2.45, 2.75) is 6.42 Å². The molecule has 94 valence electrons. The van der Waals surface area contributed by atoms with Crippen LogP contribution in [-0.2, 0) is 6.42 Å². The highest BCUT2D eigenvalue weighted by Crippen LogP contribution is 2.25. The van der Waals surface area contributed by atoms with Crippen molar-refractivity contribution in [1.82, 2.24) is 10.3 Å². The van der Waals surface area contributed by atoms with Crippen molar-refractivity contribution in [3.05, 3.63) is 40.3 Å². The molecule has 2 rings (SSSR count). The third-order valence-corrected chi connectivity index (χ3v) is 3.19. The van der Waals surface area contributed by atoms with Gasteiger partial charge in [0.05, 0.1) is 5.01 Å². The second-order valence-corrected chi connectivity index (χ2v) is 4.58. The third-order valence-electron chi connectivity index (χ3n) is 2.36. The standard InChI is InChI=1S/C12H12N2O3S/c15-8-2-1-3-9(16)11(8)12(17)14-5-4-10-13-6-7-18-10/h1-3,6-7,15-16H,4-5H2,(H,14,17). The SMILES string of the molecule is O=C(NCCc1nccs1)c1c(O)cccc1O. The Morgan fingerprint density at radius 2 is 2.06 bits per heavy atom. The summed E-state index contributed by atoms with van der Waals surface area (Å²) in [5.74, 6) is -0.967. The van der Waals surface area contributed by atoms with E-state index in [0.29, 0.717) is 13.0 Å². The van der Waals surface area contributed by atoms with Gasteiger partial charge in [-0.1, -0.05) is 6.07 Å². The molecule has 1 aromatic carbocycles. The number of hydrogen-bond acceptors (Lipinski definition) is 5. The number of phenols is 2. The lowest BCUT2D eigenvalue weighted by Gasteiger charge is -2.07. The molecule has 0 saturated heterocycles. The summed E-state index contributed by atoms with van der Waals surface area (Å²) in [5.41, 5.74) is -0.100. The molecule has 0 saturated carbocycles. The Kier molecular flexibility index (Phi) is 3.78. The topological polar surface area (TPSA) is 82.5 Å². The van der Waals surface area contributed by atoms with E-state index >= 15 is 0 Å². The normalized spacial score (nSPS) is 10.2. The van der Waals surface area contributed by atoms with Crippen molar-refractivity contribution in [2.24, 2.45) is 0 Å². The number of carbonyl (C=O) groups is 1. The van der Waals surface area contributed by atoms with E-state index < -0.39 is 5.91 Å². The third kappa shape index (κ3) is 2.78. The van der Waals surface area contributed by atoms with E-state index in [2.05, 4.69) is 10.3 Å². The molecule has 0 atom stereocenters. The molecule has 0 spiro atoms. The van der Waals surface area contributed by atoms with Crippen LogP contribution in [0.5, 0.6) is 11.5 Å². The highest BCUT2D eigenvalue weighted by Gasteiger charge is 2.15. The monoisotopic (exact) mass is 264 g/mol. The predicted octanol–water partition coefficient (Wildman–Crippen LogP) is 1.53. The first kappa shape index (κ1) is 12.4. The van der Waals surface area contributed by atoms with Crippen LogP contribution in [-0.4, -0.2) is 27.6 Å². The van der Waals surface area contributed by atoms with Gasteiger partial charge in [-0.15, -0.1) is 11.3 Å². The van der Waals surface area contributed by atoms with Crippen molar-refractivity contribution < 1.29 is 15.0 Å². The lowest BCUT2D eigenvalue weighted by atomic mass is 10.1. The molecule has 0 unspecified atom stereocenters. The second kappa shape index (κ2) is 5.50. The van der Waals surface area contributed by atoms with Crippen molar-refractivity contribution >= 4 is 17.2 Å². The summed E-state index contributed by atoms with van der Waals surface area (Å²) in [6, 6.07) is 4.18. The van der Waals surface area contributed by atoms with Gasteiger partial charge in [0.25, 0.3) is 5.91 Å². The van der Waals surface area contributed by atoms with Crippen LogP contribution in [0.3, 0.4) is 0 Å². The Bertz CT molecular complexity index is 520. The summed E-state index contributed by atoms with van der Waals surface area (Å²) in [5, 5.41) is 24.4. The molecule has 18 heavy (non-hydrogen) atoms. The molecule has 6 heteroatoms. The summed E-state index contributed by atoms with van der Waals surface area (Å²) >= 11 is 1.52. The largest absolute Gasteiger partial charge is 0.507 e. The summed E-state index contributed by atoms with van der Waals surface area (Å²) in [7, 11) is 0. The second-order valence-electron chi connectivity index (χ2n) is 3.60. The zero-order chi connectivity index (χ0) is 13.0. The number of phenolic OH excluding ortho intramolecular Hbond substituents is 2. The molecule has 1 heterocycles. The maximum atomic E-state index is 11.8. The Balaban J connectivity index is 1.96. The Morgan fingerprint density at radius 3 is 2.67 bits per heavy atom. The maximum Gasteiger partial charge on any atom is 0.258 e. The van der Waals surface area contributed by atoms with Crippen LogP contribution >= 0.6 is 11.3 Å². The molecular weight excluding hydrogens is 252 g/mol. The number of amides is 1. The van der Waals surface area contributed by atoms with Crippen LogP contribution in [0.2, 0.25) is 0 Å². The molecule has 0 aliphatic rings. The minimum absolute atomic E-state index is 0.100. The molecule has 0 fully saturated rings. The first-order chi connectivity index (χ1) is 8.68. The molecule has 3 N–H and O–H groups in total. The van der Waals surface area contributed by atoms with E-state index in [1.54, 1.807) is 6.20 Å². The zero-order valence-electron chi connectivity index (χ0n) is 9.46. The Morgan fingerprint density at radius 1 is 1.33 bits per heavy atom. The van der Waals surface area contributed by atoms with Gasteiger partial charge >= 0.3 is 0 Å². The summed E-state index contributed by atoms with van der Waals surface area (Å²) < 4.78 is 0. The van der Waals surface area contributed by atoms with Crippen LogP contribution in [0.25, 0.3) is 0 Å². The fourth-order valence-electron chi connectivity index (χ4n) is 1.51. The summed E-state index contributed by atoms with van der Waals surface area (Å²) in [6.07, 6.45) is 2.33. The minimum Gasteiger partial charge on any atom is -0.507 e. The zero-order valence-corrected chi connectivity index (χ0v) is 10.3. The number of aromatic nitrogens is 1. The van der Waals surface area contributed by atoms with Gasteiger partial charge in [0.2, 0.25) is 0 Å². The van der Waals surface area contributed by atoms with Gasteiger partial charge in [-0.05, 0) is 12.1 Å². The molecule has 0 bridgehead atoms. The first-order valence-electron chi connectivity index (χ1n) is 5.36. The molecule has 0 radical (unpaired) electrons. The average Bonchev–Trinajstić information content (AvgIpc) is 2.82. The maximum absolute atomic E-state index is 11.8. The van der Waals surface area contributed by atoms with Crippen molar-refractivity contribution in [1.29, 1.82) is 0 Å². The van der Waals surface area contributed by atoms with Gasteiger partial charge in [0, 0.05) is 24.5 Å². The van der Waals surface area contributed by atoms with Gasteiger partial charge in [-0.25, -0.2) is 4.98 Å². The van der Waals surface area contributed by atoms with Gasteiger partial charge in [0.15, 0.2) is 0 Å². The minimum atomic E-state index is -0.498. The van der Waals surface area contributed by atoms with Gasteiger partial charge < -0.3 is 15.5 Å². The van der Waals surface area contributed by atoms with Crippen molar-refractivity contribution in [3.8, 4) is 11.5 Å². The molecule has 1 amide bonds. The first-order valence-corrected chi connectivity index (χ1v) is 6.24. The number of aromatic hydroxyl groups is 2. The lowest BCUT2D eigenvalue weighted by Crippen LogP contribution is -2.25. The van der Waals surface area contributed by atoms with E-state index in [4.69, 9.17) is 0 Å². The molecule has 1 aromatic heterocycles. The molecular formula is C12H12N2O3S. The highest BCUT2D eigenvalue weighted by atomic mass is 32.1. The number of carbonyl (C=O) groups excluding carboxylic acids is 1. The summed E-state index contributed by atoms with van der Waals surface area (Å²) in [6.45, 7) is 0.403. The number of thiazole rings is 1. The number of nitrogens with zero attached hydrogens (tertiary/aromatic N) is 1. The molecule has 0 aliphatic carbocycles. The van der Waals surface area contributed by atoms with Gasteiger partial charge in [-0.2, -0.15) is 0 Å². The fraction of sp³-hybridized carbons (Fsp3) is 0.167. The molecule has 5 nitrogen and oxygen atoms in total. The van der Waals surface area contributed by atoms with Crippen LogP contribution in [0.15, 0.2) is 29.8 Å². The average molecular weight is 264 g/mol. The van der Waals surface area contributed by atoms with E-state index in [9.17, 15) is 15.0 Å². The van der Waals surface area contributed by atoms with Gasteiger partial charge in [0.1, 0.15) is 17.1 Å². The van der Waals surface area contributed by atoms with Crippen LogP contribution < -0.4 is 5.32 Å². The summed E-state index contributed by atoms with van der Waals surface area (Å²) in [4.78, 5) is 15.9. The quantitative estimate of drug-likeness (QED) is 0.782. The highest BCUT2D eigenvalue weighted by molar-refractivity contribution is 7.09. The number of benzene rings is 1. The predicted molar refractivity (Wildman–Crippen MR) is 67.9 cm³/mol. The Hall–Kier alpha value is -2.08. The number of hydrogen-bond donors (Lipinski definition) is 3. The Labute approximate surface area is 108 Å². The van der Waals surface area contributed by atoms with Gasteiger partial charge in [-0.3, -0.25) is 4.79 Å². The van der Waals surface area contributed by atoms with E-state index in [1.165, 1.54) is 29.5 Å². The number of rotatable bonds is 4. The van der Waals surface area contributed by atoms with Crippen molar-refractivity contribution in [2.75, 3.05) is 6.54 Å². The van der Waals surface area contributed by atoms with E-state index in [0.717, 1.165) is 5.01 Å². The van der Waals surface area contributed by atoms with Crippen molar-refractivity contribution in [3.63, 3.8) is 0 Å². The molecule has 2 aromatic rings. The fourth-order valence-corrected chi connectivity index (χ4v) is 2.13. The van der Waals surface area contributed by atoms with Crippen LogP contribution in [0.4, 0.5) is 0 Å². The van der Waals surface area contributed by atoms with Crippen LogP contribution in [0.1, 0.15) is 15.4 Å². The van der Waals surface area contributed by atoms with E-state index in [1.807, 2.05) is 5.38 Å².